The minimum absolute atomic E-state index is 0.000146. The van der Waals surface area contributed by atoms with Crippen LogP contribution < -0.4 is 10.9 Å². The molecule has 1 heterocycles. The Morgan fingerprint density at radius 3 is 2.73 bits per heavy atom. The Balaban J connectivity index is 1.40. The van der Waals surface area contributed by atoms with Crippen LogP contribution in [0.25, 0.3) is 10.9 Å². The van der Waals surface area contributed by atoms with E-state index in [-0.39, 0.29) is 29.5 Å². The highest BCUT2D eigenvalue weighted by atomic mass is 19.1. The maximum Gasteiger partial charge on any atom is 0.271 e. The van der Waals surface area contributed by atoms with Gasteiger partial charge in [-0.2, -0.15) is 0 Å². The van der Waals surface area contributed by atoms with Crippen molar-refractivity contribution in [3.63, 3.8) is 0 Å². The van der Waals surface area contributed by atoms with Gasteiger partial charge in [0.2, 0.25) is 5.91 Å². The van der Waals surface area contributed by atoms with Gasteiger partial charge in [0.05, 0.1) is 5.56 Å². The zero-order chi connectivity index (χ0) is 18.3. The lowest BCUT2D eigenvalue weighted by molar-refractivity contribution is -0.123. The average molecular weight is 351 g/mol. The van der Waals surface area contributed by atoms with Crippen LogP contribution in [0.15, 0.2) is 54.7 Å². The molecule has 0 spiro atoms. The van der Waals surface area contributed by atoms with Crippen molar-refractivity contribution in [2.24, 2.45) is 13.0 Å². The maximum atomic E-state index is 13.3. The number of hydrogen-bond acceptors (Lipinski definition) is 2. The smallest absolute Gasteiger partial charge is 0.271 e. The molecule has 2 aromatic carbocycles. The Morgan fingerprint density at radius 2 is 1.92 bits per heavy atom. The van der Waals surface area contributed by atoms with Crippen LogP contribution >= 0.6 is 0 Å². The maximum absolute atomic E-state index is 13.3. The fourth-order valence-electron chi connectivity index (χ4n) is 3.39. The summed E-state index contributed by atoms with van der Waals surface area (Å²) in [5.74, 6) is -1.17. The average Bonchev–Trinajstić information content (AvgIpc) is 3.38. The Kier molecular flexibility index (Phi) is 3.95. The van der Waals surface area contributed by atoms with Crippen molar-refractivity contribution >= 4 is 22.7 Å². The first-order chi connectivity index (χ1) is 12.5. The number of aryl methyl sites for hydroxylation is 1. The summed E-state index contributed by atoms with van der Waals surface area (Å²) in [6.07, 6.45) is 2.39. The third-order valence-electron chi connectivity index (χ3n) is 4.84. The predicted molar refractivity (Wildman–Crippen MR) is 95.8 cm³/mol. The number of aromatic nitrogens is 1. The van der Waals surface area contributed by atoms with Crippen molar-refractivity contribution in [2.45, 2.75) is 12.3 Å². The van der Waals surface area contributed by atoms with Crippen LogP contribution in [0.1, 0.15) is 28.3 Å². The Morgan fingerprint density at radius 1 is 1.12 bits per heavy atom. The van der Waals surface area contributed by atoms with Crippen molar-refractivity contribution in [2.75, 3.05) is 0 Å². The number of halogens is 1. The fraction of sp³-hybridized carbons (Fsp3) is 0.200. The Bertz CT molecular complexity index is 1010. The lowest BCUT2D eigenvalue weighted by atomic mass is 10.1. The van der Waals surface area contributed by atoms with Gasteiger partial charge in [-0.3, -0.25) is 20.4 Å². The molecule has 2 N–H and O–H groups in total. The molecule has 2 amide bonds. The van der Waals surface area contributed by atoms with Crippen LogP contribution in [0.2, 0.25) is 0 Å². The van der Waals surface area contributed by atoms with Crippen LogP contribution in [0, 0.1) is 11.7 Å². The predicted octanol–water partition coefficient (Wildman–Crippen LogP) is 2.88. The normalized spacial score (nSPS) is 18.5. The Labute approximate surface area is 149 Å². The van der Waals surface area contributed by atoms with Crippen molar-refractivity contribution < 1.29 is 14.0 Å². The lowest BCUT2D eigenvalue weighted by Gasteiger charge is -2.07. The molecule has 0 radical (unpaired) electrons. The molecule has 2 atom stereocenters. The number of nitrogens with one attached hydrogen (secondary N) is 2. The monoisotopic (exact) mass is 351 g/mol. The quantitative estimate of drug-likeness (QED) is 0.713. The number of carbonyl (C=O) groups is 2. The summed E-state index contributed by atoms with van der Waals surface area (Å²) in [6.45, 7) is 0. The van der Waals surface area contributed by atoms with E-state index in [2.05, 4.69) is 10.9 Å². The number of hydrazine groups is 1. The first kappa shape index (κ1) is 16.3. The molecule has 0 bridgehead atoms. The lowest BCUT2D eigenvalue weighted by Crippen LogP contribution is -2.42. The molecule has 4 rings (SSSR count). The molecule has 1 fully saturated rings. The molecule has 3 aromatic rings. The molecule has 1 saturated carbocycles. The van der Waals surface area contributed by atoms with E-state index >= 15 is 0 Å². The summed E-state index contributed by atoms with van der Waals surface area (Å²) in [5.41, 5.74) is 7.23. The van der Waals surface area contributed by atoms with E-state index < -0.39 is 0 Å². The first-order valence-corrected chi connectivity index (χ1v) is 8.44. The molecule has 0 saturated heterocycles. The zero-order valence-electron chi connectivity index (χ0n) is 14.2. The third-order valence-corrected chi connectivity index (χ3v) is 4.84. The molecule has 0 unspecified atom stereocenters. The van der Waals surface area contributed by atoms with Gasteiger partial charge in [0.15, 0.2) is 0 Å². The van der Waals surface area contributed by atoms with Gasteiger partial charge >= 0.3 is 0 Å². The van der Waals surface area contributed by atoms with E-state index in [1.54, 1.807) is 12.3 Å². The number of hydrogen-bond donors (Lipinski definition) is 2. The highest BCUT2D eigenvalue weighted by Crippen LogP contribution is 2.47. The third kappa shape index (κ3) is 2.94. The van der Waals surface area contributed by atoms with Crippen molar-refractivity contribution in [1.82, 2.24) is 15.4 Å². The van der Waals surface area contributed by atoms with Crippen LogP contribution in [0.4, 0.5) is 4.39 Å². The van der Waals surface area contributed by atoms with Gasteiger partial charge in [-0.1, -0.05) is 30.3 Å². The molecule has 26 heavy (non-hydrogen) atoms. The number of amides is 2. The van der Waals surface area contributed by atoms with Gasteiger partial charge in [-0.15, -0.1) is 0 Å². The van der Waals surface area contributed by atoms with E-state index in [9.17, 15) is 14.0 Å². The van der Waals surface area contributed by atoms with Gasteiger partial charge in [0.25, 0.3) is 5.91 Å². The summed E-state index contributed by atoms with van der Waals surface area (Å²) in [7, 11) is 1.87. The first-order valence-electron chi connectivity index (χ1n) is 8.44. The van der Waals surface area contributed by atoms with Crippen LogP contribution in [0.3, 0.4) is 0 Å². The summed E-state index contributed by atoms with van der Waals surface area (Å²) < 4.78 is 15.2. The number of carbonyl (C=O) groups excluding carboxylic acids is 2. The van der Waals surface area contributed by atoms with Crippen LogP contribution in [-0.2, 0) is 11.8 Å². The topological polar surface area (TPSA) is 63.1 Å². The van der Waals surface area contributed by atoms with E-state index in [4.69, 9.17) is 0 Å². The standard InChI is InChI=1S/C20H18FN3O2/c1-24-11-17(14-7-2-3-8-18(14)24)20(26)23-22-19(25)16-10-15(16)12-5-4-6-13(21)9-12/h2-9,11,15-16H,10H2,1H3,(H,22,25)(H,23,26)/t15-,16-/m1/s1. The van der Waals surface area contributed by atoms with Gasteiger partial charge in [0, 0.05) is 30.1 Å². The van der Waals surface area contributed by atoms with E-state index in [0.717, 1.165) is 16.5 Å². The minimum Gasteiger partial charge on any atom is -0.350 e. The molecule has 1 aromatic heterocycles. The van der Waals surface area contributed by atoms with Gasteiger partial charge in [-0.25, -0.2) is 4.39 Å². The van der Waals surface area contributed by atoms with Gasteiger partial charge < -0.3 is 4.57 Å². The van der Waals surface area contributed by atoms with Crippen molar-refractivity contribution in [1.29, 1.82) is 0 Å². The second-order valence-electron chi connectivity index (χ2n) is 6.62. The SMILES string of the molecule is Cn1cc(C(=O)NNC(=O)[C@@H]2C[C@@H]2c2cccc(F)c2)c2ccccc21. The molecule has 132 valence electrons. The largest absolute Gasteiger partial charge is 0.350 e. The summed E-state index contributed by atoms with van der Waals surface area (Å²) in [5, 5.41) is 0.825. The highest BCUT2D eigenvalue weighted by molar-refractivity contribution is 6.07. The highest BCUT2D eigenvalue weighted by Gasteiger charge is 2.44. The number of nitrogens with zero attached hydrogens (tertiary/aromatic N) is 1. The van der Waals surface area contributed by atoms with E-state index in [0.29, 0.717) is 12.0 Å². The molecule has 0 aliphatic heterocycles. The number of benzene rings is 2. The summed E-state index contributed by atoms with van der Waals surface area (Å²) in [4.78, 5) is 24.7. The molecular formula is C20H18FN3O2. The Hall–Kier alpha value is -3.15. The fourth-order valence-corrected chi connectivity index (χ4v) is 3.39. The molecule has 1 aliphatic rings. The summed E-state index contributed by atoms with van der Waals surface area (Å²) >= 11 is 0. The number of fused-ring (bicyclic) bond motifs is 1. The van der Waals surface area contributed by atoms with Crippen LogP contribution in [0.5, 0.6) is 0 Å². The second kappa shape index (κ2) is 6.29. The number of para-hydroxylation sites is 1. The van der Waals surface area contributed by atoms with Gasteiger partial charge in [-0.05, 0) is 36.1 Å². The van der Waals surface area contributed by atoms with Crippen molar-refractivity contribution in [3.05, 3.63) is 71.7 Å². The summed E-state index contributed by atoms with van der Waals surface area (Å²) in [6, 6.07) is 13.9. The van der Waals surface area contributed by atoms with E-state index in [1.165, 1.54) is 12.1 Å². The van der Waals surface area contributed by atoms with E-state index in [1.807, 2.05) is 41.9 Å². The zero-order valence-corrected chi connectivity index (χ0v) is 14.2. The molecule has 1 aliphatic carbocycles. The molecule has 6 heteroatoms. The number of rotatable bonds is 3. The van der Waals surface area contributed by atoms with Crippen LogP contribution in [-0.4, -0.2) is 16.4 Å². The molecular weight excluding hydrogens is 333 g/mol. The van der Waals surface area contributed by atoms with Crippen molar-refractivity contribution in [3.8, 4) is 0 Å². The van der Waals surface area contributed by atoms with Gasteiger partial charge in [0.1, 0.15) is 5.82 Å². The molecule has 5 nitrogen and oxygen atoms in total. The minimum atomic E-state index is -0.363. The second-order valence-corrected chi connectivity index (χ2v) is 6.62.